The summed E-state index contributed by atoms with van der Waals surface area (Å²) in [7, 11) is 1.27. The molecule has 1 aromatic carbocycles. The van der Waals surface area contributed by atoms with Gasteiger partial charge in [0.2, 0.25) is 5.78 Å². The molecule has 76 valence electrons. The van der Waals surface area contributed by atoms with Crippen LogP contribution in [0.25, 0.3) is 0 Å². The van der Waals surface area contributed by atoms with E-state index in [1.54, 1.807) is 18.2 Å². The summed E-state index contributed by atoms with van der Waals surface area (Å²) in [5.74, 6) is -0.727. The van der Waals surface area contributed by atoms with Crippen LogP contribution in [0, 0.1) is 0 Å². The molecule has 0 unspecified atom stereocenters. The van der Waals surface area contributed by atoms with Crippen LogP contribution in [0.1, 0.15) is 10.4 Å². The molecule has 0 bridgehead atoms. The number of fused-ring (bicyclic) bond motifs is 1. The molecule has 0 fully saturated rings. The maximum atomic E-state index is 11.7. The van der Waals surface area contributed by atoms with Gasteiger partial charge in [0.15, 0.2) is 0 Å². The van der Waals surface area contributed by atoms with Gasteiger partial charge in [0.05, 0.1) is 18.9 Å². The first-order valence-electron chi connectivity index (χ1n) is 4.43. The molecular weight excluding hydrogens is 194 g/mol. The number of hydrogen-bond donors (Lipinski definition) is 1. The molecule has 4 heteroatoms. The molecule has 0 atom stereocenters. The Labute approximate surface area is 86.5 Å². The van der Waals surface area contributed by atoms with Gasteiger partial charge < -0.3 is 10.1 Å². The van der Waals surface area contributed by atoms with Crippen LogP contribution in [0.5, 0.6) is 0 Å². The predicted octanol–water partition coefficient (Wildman–Crippen LogP) is 1.35. The van der Waals surface area contributed by atoms with Crippen LogP contribution < -0.4 is 5.32 Å². The Balaban J connectivity index is 2.35. The third-order valence-corrected chi connectivity index (χ3v) is 2.15. The van der Waals surface area contributed by atoms with Crippen LogP contribution in [-0.4, -0.2) is 18.9 Å². The lowest BCUT2D eigenvalue weighted by molar-refractivity contribution is -0.134. The van der Waals surface area contributed by atoms with Gasteiger partial charge in [-0.3, -0.25) is 4.79 Å². The number of para-hydroxylation sites is 1. The van der Waals surface area contributed by atoms with Gasteiger partial charge >= 0.3 is 5.97 Å². The van der Waals surface area contributed by atoms with E-state index in [9.17, 15) is 9.59 Å². The molecule has 15 heavy (non-hydrogen) atoms. The minimum absolute atomic E-state index is 0.184. The first-order valence-corrected chi connectivity index (χ1v) is 4.43. The average Bonchev–Trinajstić information content (AvgIpc) is 2.57. The van der Waals surface area contributed by atoms with Crippen LogP contribution in [0.15, 0.2) is 36.0 Å². The van der Waals surface area contributed by atoms with Crippen molar-refractivity contribution in [3.8, 4) is 0 Å². The van der Waals surface area contributed by atoms with Crippen molar-refractivity contribution in [1.29, 1.82) is 0 Å². The summed E-state index contributed by atoms with van der Waals surface area (Å²) in [4.78, 5) is 22.7. The Morgan fingerprint density at radius 3 is 2.80 bits per heavy atom. The van der Waals surface area contributed by atoms with Gasteiger partial charge in [-0.25, -0.2) is 4.79 Å². The van der Waals surface area contributed by atoms with E-state index < -0.39 is 5.97 Å². The number of rotatable bonds is 1. The van der Waals surface area contributed by atoms with E-state index in [0.717, 1.165) is 11.8 Å². The Kier molecular flexibility index (Phi) is 2.25. The normalized spacial score (nSPS) is 16.1. The molecule has 1 aromatic rings. The van der Waals surface area contributed by atoms with E-state index in [0.29, 0.717) is 5.56 Å². The van der Waals surface area contributed by atoms with E-state index in [4.69, 9.17) is 0 Å². The number of anilines is 1. The molecular formula is C11H9NO3. The number of methoxy groups -OCH3 is 1. The number of benzene rings is 1. The number of allylic oxidation sites excluding steroid dienone is 1. The molecule has 0 saturated carbocycles. The molecule has 0 aromatic heterocycles. The highest BCUT2D eigenvalue weighted by molar-refractivity contribution is 6.20. The zero-order valence-corrected chi connectivity index (χ0v) is 8.11. The highest BCUT2D eigenvalue weighted by Gasteiger charge is 2.24. The lowest BCUT2D eigenvalue weighted by Crippen LogP contribution is -2.05. The zero-order valence-electron chi connectivity index (χ0n) is 8.11. The average molecular weight is 203 g/mol. The Hall–Kier alpha value is -2.10. The number of carbonyl (C=O) groups excluding carboxylic acids is 2. The van der Waals surface area contributed by atoms with Crippen LogP contribution in [0.3, 0.4) is 0 Å². The maximum absolute atomic E-state index is 11.7. The van der Waals surface area contributed by atoms with Crippen molar-refractivity contribution in [3.05, 3.63) is 41.6 Å². The molecule has 0 radical (unpaired) electrons. The quantitative estimate of drug-likeness (QED) is 0.553. The molecule has 0 spiro atoms. The van der Waals surface area contributed by atoms with Crippen molar-refractivity contribution < 1.29 is 14.3 Å². The Morgan fingerprint density at radius 2 is 2.13 bits per heavy atom. The molecule has 0 saturated heterocycles. The summed E-state index contributed by atoms with van der Waals surface area (Å²) in [5, 5.41) is 2.86. The van der Waals surface area contributed by atoms with Gasteiger partial charge in [-0.1, -0.05) is 12.1 Å². The minimum atomic E-state index is -0.543. The number of esters is 1. The molecule has 2 rings (SSSR count). The van der Waals surface area contributed by atoms with Gasteiger partial charge in [-0.15, -0.1) is 0 Å². The summed E-state index contributed by atoms with van der Waals surface area (Å²) < 4.78 is 4.45. The summed E-state index contributed by atoms with van der Waals surface area (Å²) in [5.41, 5.74) is 1.55. The van der Waals surface area contributed by atoms with Crippen LogP contribution >= 0.6 is 0 Å². The van der Waals surface area contributed by atoms with Gasteiger partial charge in [-0.2, -0.15) is 0 Å². The fraction of sp³-hybridized carbons (Fsp3) is 0.0909. The van der Waals surface area contributed by atoms with Crippen molar-refractivity contribution in [2.45, 2.75) is 0 Å². The second kappa shape index (κ2) is 3.57. The van der Waals surface area contributed by atoms with E-state index in [1.807, 2.05) is 6.07 Å². The van der Waals surface area contributed by atoms with Crippen LogP contribution in [0.4, 0.5) is 5.69 Å². The van der Waals surface area contributed by atoms with Crippen molar-refractivity contribution in [2.24, 2.45) is 0 Å². The topological polar surface area (TPSA) is 55.4 Å². The fourth-order valence-corrected chi connectivity index (χ4v) is 1.42. The highest BCUT2D eigenvalue weighted by atomic mass is 16.5. The van der Waals surface area contributed by atoms with Gasteiger partial charge in [0.25, 0.3) is 0 Å². The minimum Gasteiger partial charge on any atom is -0.466 e. The molecule has 1 aliphatic heterocycles. The summed E-state index contributed by atoms with van der Waals surface area (Å²) in [6.45, 7) is 0. The third-order valence-electron chi connectivity index (χ3n) is 2.15. The monoisotopic (exact) mass is 203 g/mol. The second-order valence-electron chi connectivity index (χ2n) is 3.08. The second-order valence-corrected chi connectivity index (χ2v) is 3.08. The van der Waals surface area contributed by atoms with Gasteiger partial charge in [0.1, 0.15) is 0 Å². The molecule has 1 heterocycles. The van der Waals surface area contributed by atoms with E-state index in [2.05, 4.69) is 10.1 Å². The van der Waals surface area contributed by atoms with Gasteiger partial charge in [0, 0.05) is 11.3 Å². The van der Waals surface area contributed by atoms with E-state index in [-0.39, 0.29) is 11.5 Å². The SMILES string of the molecule is COC(=O)/C=C1/Nc2ccccc2C1=O. The smallest absolute Gasteiger partial charge is 0.332 e. The number of ether oxygens (including phenoxy) is 1. The van der Waals surface area contributed by atoms with Crippen LogP contribution in [0.2, 0.25) is 0 Å². The maximum Gasteiger partial charge on any atom is 0.332 e. The number of Topliss-reactive ketones (excluding diaryl/α,β-unsaturated/α-hetero) is 1. The Bertz CT molecular complexity index is 463. The first-order chi connectivity index (χ1) is 7.22. The van der Waals surface area contributed by atoms with E-state index in [1.165, 1.54) is 7.11 Å². The van der Waals surface area contributed by atoms with Crippen molar-refractivity contribution in [2.75, 3.05) is 12.4 Å². The number of hydrogen-bond acceptors (Lipinski definition) is 4. The third kappa shape index (κ3) is 1.61. The largest absolute Gasteiger partial charge is 0.466 e. The molecule has 0 amide bonds. The first kappa shape index (κ1) is 9.45. The molecule has 1 N–H and O–H groups in total. The lowest BCUT2D eigenvalue weighted by atomic mass is 10.1. The van der Waals surface area contributed by atoms with Gasteiger partial charge in [-0.05, 0) is 12.1 Å². The van der Waals surface area contributed by atoms with Crippen molar-refractivity contribution >= 4 is 17.4 Å². The van der Waals surface area contributed by atoms with Crippen molar-refractivity contribution in [1.82, 2.24) is 0 Å². The summed E-state index contributed by atoms with van der Waals surface area (Å²) in [6, 6.07) is 7.09. The number of nitrogens with one attached hydrogen (secondary N) is 1. The fourth-order valence-electron chi connectivity index (χ4n) is 1.42. The molecule has 1 aliphatic rings. The lowest BCUT2D eigenvalue weighted by Gasteiger charge is -1.96. The molecule has 0 aliphatic carbocycles. The number of carbonyl (C=O) groups is 2. The highest BCUT2D eigenvalue weighted by Crippen LogP contribution is 2.27. The standard InChI is InChI=1S/C11H9NO3/c1-15-10(13)6-9-11(14)7-4-2-3-5-8(7)12-9/h2-6,12H,1H3/b9-6+. The van der Waals surface area contributed by atoms with Crippen LogP contribution in [-0.2, 0) is 9.53 Å². The summed E-state index contributed by atoms with van der Waals surface area (Å²) >= 11 is 0. The predicted molar refractivity (Wildman–Crippen MR) is 54.5 cm³/mol. The molecule has 4 nitrogen and oxygen atoms in total. The van der Waals surface area contributed by atoms with E-state index >= 15 is 0 Å². The van der Waals surface area contributed by atoms with Crippen molar-refractivity contribution in [3.63, 3.8) is 0 Å². The summed E-state index contributed by atoms with van der Waals surface area (Å²) in [6.07, 6.45) is 1.16. The zero-order chi connectivity index (χ0) is 10.8. The number of ketones is 1. The Morgan fingerprint density at radius 1 is 1.40 bits per heavy atom.